The lowest BCUT2D eigenvalue weighted by Gasteiger charge is -2.09. The molecule has 0 unspecified atom stereocenters. The maximum Gasteiger partial charge on any atom is 0.0611 e. The molecule has 3 heteroatoms. The van der Waals surface area contributed by atoms with E-state index in [9.17, 15) is 0 Å². The molecule has 33 heavy (non-hydrogen) atoms. The van der Waals surface area contributed by atoms with Crippen molar-refractivity contribution in [3.8, 4) is 0 Å². The second-order valence-corrected chi connectivity index (χ2v) is 12.4. The van der Waals surface area contributed by atoms with Gasteiger partial charge in [-0.2, -0.15) is 0 Å². The predicted octanol–water partition coefficient (Wildman–Crippen LogP) is 11.0. The van der Waals surface area contributed by atoms with E-state index in [2.05, 4.69) is 73.0 Å². The monoisotopic (exact) mass is 484 g/mol. The van der Waals surface area contributed by atoms with Crippen molar-refractivity contribution in [3.63, 3.8) is 0 Å². The lowest BCUT2D eigenvalue weighted by molar-refractivity contribution is 0.627. The summed E-state index contributed by atoms with van der Waals surface area (Å²) in [6, 6.07) is 23.2. The van der Waals surface area contributed by atoms with Crippen molar-refractivity contribution >= 4 is 86.9 Å². The van der Waals surface area contributed by atoms with Crippen LogP contribution in [0.15, 0.2) is 70.3 Å². The summed E-state index contributed by atoms with van der Waals surface area (Å²) >= 11 is 5.87. The molecule has 0 aliphatic carbocycles. The number of rotatable bonds is 8. The van der Waals surface area contributed by atoms with Crippen molar-refractivity contribution in [2.75, 3.05) is 5.75 Å². The SMILES string of the molecule is CCCCCCCCSc1cc2ccc3c4ccc5c(ccc6ccsc65)c4ccc3c2s1. The number of fused-ring (bicyclic) bond motifs is 9. The highest BCUT2D eigenvalue weighted by molar-refractivity contribution is 8.01. The van der Waals surface area contributed by atoms with Gasteiger partial charge in [0.25, 0.3) is 0 Å². The third kappa shape index (κ3) is 3.95. The number of hydrogen-bond acceptors (Lipinski definition) is 3. The molecule has 0 spiro atoms. The van der Waals surface area contributed by atoms with Gasteiger partial charge in [0.05, 0.1) is 4.21 Å². The molecule has 166 valence electrons. The van der Waals surface area contributed by atoms with E-state index in [0.717, 1.165) is 0 Å². The maximum atomic E-state index is 2.40. The lowest BCUT2D eigenvalue weighted by atomic mass is 9.96. The first-order valence-corrected chi connectivity index (χ1v) is 14.8. The molecule has 2 aromatic heterocycles. The number of unbranched alkanes of at least 4 members (excludes halogenated alkanes) is 5. The normalized spacial score (nSPS) is 12.2. The second kappa shape index (κ2) is 9.29. The molecule has 0 amide bonds. The van der Waals surface area contributed by atoms with E-state index in [4.69, 9.17) is 0 Å². The molecule has 0 N–H and O–H groups in total. The molecule has 0 bridgehead atoms. The van der Waals surface area contributed by atoms with Crippen LogP contribution in [0.25, 0.3) is 52.5 Å². The Morgan fingerprint density at radius 2 is 1.21 bits per heavy atom. The summed E-state index contributed by atoms with van der Waals surface area (Å²) in [5, 5.41) is 13.2. The van der Waals surface area contributed by atoms with Crippen molar-refractivity contribution in [2.45, 2.75) is 49.7 Å². The fraction of sp³-hybridized carbons (Fsp3) is 0.267. The minimum atomic E-state index is 1.24. The van der Waals surface area contributed by atoms with Gasteiger partial charge in [0.1, 0.15) is 0 Å². The van der Waals surface area contributed by atoms with E-state index >= 15 is 0 Å². The third-order valence-electron chi connectivity index (χ3n) is 6.81. The fourth-order valence-corrected chi connectivity index (χ4v) is 8.41. The second-order valence-electron chi connectivity index (χ2n) is 8.99. The molecule has 0 radical (unpaired) electrons. The molecule has 4 aromatic carbocycles. The topological polar surface area (TPSA) is 0 Å². The number of thioether (sulfide) groups is 1. The number of thiophene rings is 2. The van der Waals surface area contributed by atoms with E-state index in [1.54, 1.807) is 0 Å². The van der Waals surface area contributed by atoms with Crippen LogP contribution in [0, 0.1) is 0 Å². The summed E-state index contributed by atoms with van der Waals surface area (Å²) in [7, 11) is 0. The van der Waals surface area contributed by atoms with Gasteiger partial charge >= 0.3 is 0 Å². The van der Waals surface area contributed by atoms with Gasteiger partial charge in [0.2, 0.25) is 0 Å². The first-order valence-electron chi connectivity index (χ1n) is 12.1. The Bertz CT molecular complexity index is 1580. The van der Waals surface area contributed by atoms with Crippen LogP contribution in [0.1, 0.15) is 45.4 Å². The molecule has 0 fully saturated rings. The molecule has 0 saturated heterocycles. The number of benzene rings is 4. The maximum absolute atomic E-state index is 2.40. The average Bonchev–Trinajstić information content (AvgIpc) is 3.49. The van der Waals surface area contributed by atoms with Gasteiger partial charge in [-0.3, -0.25) is 0 Å². The quantitative estimate of drug-likeness (QED) is 0.118. The lowest BCUT2D eigenvalue weighted by Crippen LogP contribution is -1.81. The van der Waals surface area contributed by atoms with Gasteiger partial charge < -0.3 is 0 Å². The zero-order valence-corrected chi connectivity index (χ0v) is 21.5. The summed E-state index contributed by atoms with van der Waals surface area (Å²) in [4.78, 5) is 0. The highest BCUT2D eigenvalue weighted by atomic mass is 32.2. The molecule has 0 aliphatic rings. The zero-order valence-electron chi connectivity index (χ0n) is 19.0. The molecule has 2 heterocycles. The van der Waals surface area contributed by atoms with Crippen LogP contribution in [-0.4, -0.2) is 5.75 Å². The third-order valence-corrected chi connectivity index (χ3v) is 10.2. The van der Waals surface area contributed by atoms with Gasteiger partial charge in [-0.05, 0) is 62.0 Å². The van der Waals surface area contributed by atoms with Crippen molar-refractivity contribution < 1.29 is 0 Å². The average molecular weight is 485 g/mol. The first-order chi connectivity index (χ1) is 16.3. The minimum absolute atomic E-state index is 1.24. The van der Waals surface area contributed by atoms with Crippen molar-refractivity contribution in [3.05, 3.63) is 66.0 Å². The Kier molecular flexibility index (Phi) is 6.04. The summed E-state index contributed by atoms with van der Waals surface area (Å²) in [6.45, 7) is 2.29. The largest absolute Gasteiger partial charge is 0.143 e. The smallest absolute Gasteiger partial charge is 0.0611 e. The van der Waals surface area contributed by atoms with Crippen LogP contribution in [0.4, 0.5) is 0 Å². The Labute approximate surface area is 207 Å². The Morgan fingerprint density at radius 3 is 2.00 bits per heavy atom. The minimum Gasteiger partial charge on any atom is -0.143 e. The van der Waals surface area contributed by atoms with Crippen molar-refractivity contribution in [2.24, 2.45) is 0 Å². The van der Waals surface area contributed by atoms with Gasteiger partial charge in [-0.25, -0.2) is 0 Å². The van der Waals surface area contributed by atoms with Gasteiger partial charge in [-0.15, -0.1) is 34.4 Å². The van der Waals surface area contributed by atoms with E-state index < -0.39 is 0 Å². The Hall–Kier alpha value is -2.07. The van der Waals surface area contributed by atoms with Crippen LogP contribution in [0.3, 0.4) is 0 Å². The van der Waals surface area contributed by atoms with E-state index in [1.807, 2.05) is 34.4 Å². The molecular weight excluding hydrogens is 457 g/mol. The Balaban J connectivity index is 1.34. The molecule has 0 aliphatic heterocycles. The van der Waals surface area contributed by atoms with Crippen LogP contribution in [-0.2, 0) is 0 Å². The zero-order chi connectivity index (χ0) is 22.2. The van der Waals surface area contributed by atoms with Crippen LogP contribution in [0.5, 0.6) is 0 Å². The molecule has 0 saturated carbocycles. The molecule has 6 rings (SSSR count). The fourth-order valence-electron chi connectivity index (χ4n) is 5.07. The van der Waals surface area contributed by atoms with E-state index in [1.165, 1.54) is 101 Å². The van der Waals surface area contributed by atoms with Gasteiger partial charge in [0, 0.05) is 20.2 Å². The standard InChI is InChI=1S/C30H28S3/c1-2-3-4-5-6-7-17-31-28-19-21-9-11-25-23-12-14-26-24(10-8-20-16-18-32-29(20)26)22(23)13-15-27(25)30(21)33-28/h8-16,18-19H,2-7,17H2,1H3. The molecular formula is C30H28S3. The highest BCUT2D eigenvalue weighted by Crippen LogP contribution is 2.41. The molecule has 0 nitrogen and oxygen atoms in total. The number of hydrogen-bond donors (Lipinski definition) is 0. The van der Waals surface area contributed by atoms with E-state index in [-0.39, 0.29) is 0 Å². The molecule has 0 atom stereocenters. The van der Waals surface area contributed by atoms with E-state index in [0.29, 0.717) is 0 Å². The summed E-state index contributed by atoms with van der Waals surface area (Å²) in [6.07, 6.45) is 8.22. The van der Waals surface area contributed by atoms with Gasteiger partial charge in [-0.1, -0.05) is 87.6 Å². The predicted molar refractivity (Wildman–Crippen MR) is 154 cm³/mol. The summed E-state index contributed by atoms with van der Waals surface area (Å²) in [5.74, 6) is 1.24. The first kappa shape index (κ1) is 21.5. The highest BCUT2D eigenvalue weighted by Gasteiger charge is 2.11. The summed E-state index contributed by atoms with van der Waals surface area (Å²) in [5.41, 5.74) is 0. The van der Waals surface area contributed by atoms with Crippen LogP contribution < -0.4 is 0 Å². The van der Waals surface area contributed by atoms with Crippen molar-refractivity contribution in [1.82, 2.24) is 0 Å². The van der Waals surface area contributed by atoms with Gasteiger partial charge in [0.15, 0.2) is 0 Å². The van der Waals surface area contributed by atoms with Crippen molar-refractivity contribution in [1.29, 1.82) is 0 Å². The molecule has 6 aromatic rings. The Morgan fingerprint density at radius 1 is 0.606 bits per heavy atom. The summed E-state index contributed by atoms with van der Waals surface area (Å²) < 4.78 is 4.30. The van der Waals surface area contributed by atoms with Crippen LogP contribution in [0.2, 0.25) is 0 Å². The van der Waals surface area contributed by atoms with Crippen LogP contribution >= 0.6 is 34.4 Å².